The van der Waals surface area contributed by atoms with Gasteiger partial charge in [0.05, 0.1) is 11.6 Å². The van der Waals surface area contributed by atoms with Crippen LogP contribution < -0.4 is 20.1 Å². The van der Waals surface area contributed by atoms with Crippen LogP contribution in [-0.2, 0) is 0 Å². The first kappa shape index (κ1) is 28.4. The SMILES string of the molecule is [B]C(O)(O)Oc1ncc(-c2ccc3c(C(=O)NC)n[nH]c3c2)cc1C(=O)NC(C)c1ccccc1OC(F)(F)F. The molecule has 15 heteroatoms. The van der Waals surface area contributed by atoms with Crippen LogP contribution in [0.5, 0.6) is 11.6 Å². The van der Waals surface area contributed by atoms with E-state index in [1.54, 1.807) is 18.2 Å². The Morgan fingerprint density at radius 2 is 1.77 bits per heavy atom. The number of pyridine rings is 1. The number of nitrogens with zero attached hydrogens (tertiary/aromatic N) is 2. The van der Waals surface area contributed by atoms with E-state index in [0.717, 1.165) is 6.07 Å². The standard InChI is InChI=1S/C25H21BF3N5O6/c1-12(15-5-3-4-6-19(15)39-25(27,28)29)32-21(35)17-9-14(11-31-23(17)40-24(26,37)38)13-7-8-16-18(10-13)33-34-20(16)22(36)30-2/h3-12,37-38H,1-2H3,(H,30,36)(H,32,35)(H,33,34). The summed E-state index contributed by atoms with van der Waals surface area (Å²) in [5.74, 6) is -5.54. The molecule has 2 aromatic heterocycles. The molecule has 0 spiro atoms. The first-order valence-corrected chi connectivity index (χ1v) is 11.5. The topological polar surface area (TPSA) is 159 Å². The summed E-state index contributed by atoms with van der Waals surface area (Å²) in [6.07, 6.45) is -3.69. The number of amides is 2. The molecule has 0 aliphatic heterocycles. The minimum atomic E-state index is -4.96. The fourth-order valence-electron chi connectivity index (χ4n) is 3.90. The molecule has 4 rings (SSSR count). The molecule has 0 aliphatic carbocycles. The molecule has 2 amide bonds. The van der Waals surface area contributed by atoms with Crippen LogP contribution >= 0.6 is 0 Å². The van der Waals surface area contributed by atoms with Crippen molar-refractivity contribution in [2.24, 2.45) is 0 Å². The number of aliphatic hydroxyl groups is 2. The van der Waals surface area contributed by atoms with Crippen molar-refractivity contribution in [1.82, 2.24) is 25.8 Å². The number of benzene rings is 2. The van der Waals surface area contributed by atoms with E-state index in [0.29, 0.717) is 22.0 Å². The maximum atomic E-state index is 13.3. The number of hydrogen-bond donors (Lipinski definition) is 5. The summed E-state index contributed by atoms with van der Waals surface area (Å²) in [5.41, 5.74) is 1.28. The van der Waals surface area contributed by atoms with Crippen molar-refractivity contribution in [1.29, 1.82) is 0 Å². The van der Waals surface area contributed by atoms with Gasteiger partial charge in [-0.3, -0.25) is 14.7 Å². The highest BCUT2D eigenvalue weighted by molar-refractivity contribution is 6.12. The van der Waals surface area contributed by atoms with Crippen LogP contribution in [-0.4, -0.2) is 64.3 Å². The summed E-state index contributed by atoms with van der Waals surface area (Å²) in [5, 5.41) is 31.4. The zero-order valence-corrected chi connectivity index (χ0v) is 20.9. The van der Waals surface area contributed by atoms with E-state index in [2.05, 4.69) is 30.6 Å². The highest BCUT2D eigenvalue weighted by Crippen LogP contribution is 2.32. The zero-order valence-electron chi connectivity index (χ0n) is 20.9. The first-order chi connectivity index (χ1) is 18.8. The van der Waals surface area contributed by atoms with Gasteiger partial charge in [-0.1, -0.05) is 24.3 Å². The van der Waals surface area contributed by atoms with Crippen molar-refractivity contribution in [2.45, 2.75) is 25.2 Å². The lowest BCUT2D eigenvalue weighted by molar-refractivity contribution is -0.275. The summed E-state index contributed by atoms with van der Waals surface area (Å²) in [4.78, 5) is 29.3. The molecular formula is C25H21BF3N5O6. The van der Waals surface area contributed by atoms with Crippen molar-refractivity contribution < 1.29 is 42.4 Å². The number of hydrogen-bond acceptors (Lipinski definition) is 8. The van der Waals surface area contributed by atoms with Gasteiger partial charge >= 0.3 is 6.36 Å². The van der Waals surface area contributed by atoms with E-state index < -0.39 is 41.7 Å². The normalized spacial score (nSPS) is 12.6. The van der Waals surface area contributed by atoms with E-state index in [4.69, 9.17) is 12.6 Å². The van der Waals surface area contributed by atoms with Crippen molar-refractivity contribution in [3.05, 3.63) is 71.5 Å². The molecule has 0 bridgehead atoms. The number of fused-ring (bicyclic) bond motifs is 1. The van der Waals surface area contributed by atoms with Crippen LogP contribution in [0.2, 0.25) is 0 Å². The van der Waals surface area contributed by atoms with Crippen LogP contribution in [0.4, 0.5) is 13.2 Å². The molecule has 0 aliphatic rings. The molecule has 206 valence electrons. The third kappa shape index (κ3) is 6.50. The molecular weight excluding hydrogens is 534 g/mol. The van der Waals surface area contributed by atoms with Gasteiger partial charge in [-0.15, -0.1) is 13.2 Å². The number of H-pyrrole nitrogens is 1. The number of carbonyl (C=O) groups excluding carboxylic acids is 2. The molecule has 5 N–H and O–H groups in total. The quantitative estimate of drug-likeness (QED) is 0.164. The number of alkyl halides is 3. The lowest BCUT2D eigenvalue weighted by Crippen LogP contribution is -2.37. The van der Waals surface area contributed by atoms with Crippen molar-refractivity contribution >= 4 is 30.6 Å². The second-order valence-electron chi connectivity index (χ2n) is 8.53. The number of rotatable bonds is 8. The Morgan fingerprint density at radius 3 is 2.45 bits per heavy atom. The second kappa shape index (κ2) is 10.9. The Labute approximate surface area is 225 Å². The van der Waals surface area contributed by atoms with E-state index in [1.807, 2.05) is 0 Å². The Kier molecular flexibility index (Phi) is 7.71. The van der Waals surface area contributed by atoms with Crippen molar-refractivity contribution in [3.8, 4) is 22.8 Å². The van der Waals surface area contributed by atoms with Crippen LogP contribution in [0, 0.1) is 0 Å². The van der Waals surface area contributed by atoms with E-state index in [-0.39, 0.29) is 16.8 Å². The predicted octanol–water partition coefficient (Wildman–Crippen LogP) is 2.52. The second-order valence-corrected chi connectivity index (χ2v) is 8.53. The molecule has 1 atom stereocenters. The van der Waals surface area contributed by atoms with Gasteiger partial charge in [0.15, 0.2) is 5.69 Å². The third-order valence-electron chi connectivity index (χ3n) is 5.64. The maximum absolute atomic E-state index is 13.3. The fraction of sp³-hybridized carbons (Fsp3) is 0.200. The average molecular weight is 555 g/mol. The minimum Gasteiger partial charge on any atom is -0.431 e. The summed E-state index contributed by atoms with van der Waals surface area (Å²) < 4.78 is 47.5. The summed E-state index contributed by atoms with van der Waals surface area (Å²) in [7, 11) is 6.58. The number of halogens is 3. The van der Waals surface area contributed by atoms with Gasteiger partial charge in [0.25, 0.3) is 17.7 Å². The fourth-order valence-corrected chi connectivity index (χ4v) is 3.90. The van der Waals surface area contributed by atoms with Crippen LogP contribution in [0.15, 0.2) is 54.7 Å². The molecule has 2 heterocycles. The summed E-state index contributed by atoms with van der Waals surface area (Å²) in [6.45, 7) is 1.43. The smallest absolute Gasteiger partial charge is 0.431 e. The lowest BCUT2D eigenvalue weighted by Gasteiger charge is -2.22. The molecule has 0 saturated heterocycles. The van der Waals surface area contributed by atoms with E-state index in [9.17, 15) is 33.0 Å². The van der Waals surface area contributed by atoms with Crippen LogP contribution in [0.25, 0.3) is 22.0 Å². The number of aromatic nitrogens is 3. The van der Waals surface area contributed by atoms with Gasteiger partial charge in [0, 0.05) is 29.8 Å². The number of carbonyl (C=O) groups is 2. The lowest BCUT2D eigenvalue weighted by atomic mass is 10.0. The minimum absolute atomic E-state index is 0.0221. The van der Waals surface area contributed by atoms with Gasteiger partial charge in [0.2, 0.25) is 13.7 Å². The van der Waals surface area contributed by atoms with E-state index >= 15 is 0 Å². The Hall–Kier alpha value is -4.63. The summed E-state index contributed by atoms with van der Waals surface area (Å²) >= 11 is 0. The Bertz CT molecular complexity index is 1570. The maximum Gasteiger partial charge on any atom is 0.573 e. The van der Waals surface area contributed by atoms with E-state index in [1.165, 1.54) is 44.4 Å². The number of nitrogens with one attached hydrogen (secondary N) is 3. The molecule has 0 saturated carbocycles. The molecule has 11 nitrogen and oxygen atoms in total. The number of para-hydroxylation sites is 1. The molecule has 2 aromatic carbocycles. The largest absolute Gasteiger partial charge is 0.573 e. The molecule has 0 fully saturated rings. The molecule has 4 aromatic rings. The third-order valence-corrected chi connectivity index (χ3v) is 5.64. The predicted molar refractivity (Wildman–Crippen MR) is 135 cm³/mol. The van der Waals surface area contributed by atoms with Gasteiger partial charge < -0.3 is 30.3 Å². The number of ether oxygens (including phenoxy) is 2. The van der Waals surface area contributed by atoms with Gasteiger partial charge in [0.1, 0.15) is 11.3 Å². The average Bonchev–Trinajstić information content (AvgIpc) is 3.30. The molecule has 1 unspecified atom stereocenters. The Morgan fingerprint density at radius 1 is 1.05 bits per heavy atom. The zero-order chi connectivity index (χ0) is 29.2. The highest BCUT2D eigenvalue weighted by Gasteiger charge is 2.33. The molecule has 2 radical (unpaired) electrons. The van der Waals surface area contributed by atoms with Crippen molar-refractivity contribution in [2.75, 3.05) is 7.05 Å². The first-order valence-electron chi connectivity index (χ1n) is 11.5. The van der Waals surface area contributed by atoms with Crippen LogP contribution in [0.1, 0.15) is 39.4 Å². The van der Waals surface area contributed by atoms with Gasteiger partial charge in [-0.2, -0.15) is 5.10 Å². The monoisotopic (exact) mass is 555 g/mol. The number of aromatic amines is 1. The summed E-state index contributed by atoms with van der Waals surface area (Å²) in [6, 6.07) is 10.5. The molecule has 40 heavy (non-hydrogen) atoms. The Balaban J connectivity index is 1.69. The van der Waals surface area contributed by atoms with Crippen molar-refractivity contribution in [3.63, 3.8) is 0 Å². The highest BCUT2D eigenvalue weighted by atomic mass is 19.4. The van der Waals surface area contributed by atoms with Gasteiger partial charge in [-0.25, -0.2) is 4.98 Å². The van der Waals surface area contributed by atoms with Gasteiger partial charge in [-0.05, 0) is 36.8 Å². The van der Waals surface area contributed by atoms with Crippen LogP contribution in [0.3, 0.4) is 0 Å².